The van der Waals surface area contributed by atoms with Crippen LogP contribution in [0.3, 0.4) is 0 Å². The highest BCUT2D eigenvalue weighted by Crippen LogP contribution is 2.29. The van der Waals surface area contributed by atoms with E-state index < -0.39 is 0 Å². The summed E-state index contributed by atoms with van der Waals surface area (Å²) in [6, 6.07) is 15.1. The van der Waals surface area contributed by atoms with Gasteiger partial charge in [0, 0.05) is 5.92 Å². The number of aromatic nitrogens is 2. The monoisotopic (exact) mass is 405 g/mol. The Kier molecular flexibility index (Phi) is 6.35. The minimum Gasteiger partial charge on any atom is -0.497 e. The van der Waals surface area contributed by atoms with Gasteiger partial charge in [-0.1, -0.05) is 45.0 Å². The molecule has 0 unspecified atom stereocenters. The quantitative estimate of drug-likeness (QED) is 0.661. The zero-order valence-corrected chi connectivity index (χ0v) is 18.0. The van der Waals surface area contributed by atoms with Crippen LogP contribution in [0, 0.1) is 12.8 Å². The zero-order valence-electron chi connectivity index (χ0n) is 18.0. The third-order valence-electron chi connectivity index (χ3n) is 4.99. The number of hydrogen-bond acceptors (Lipinski definition) is 4. The van der Waals surface area contributed by atoms with Crippen LogP contribution >= 0.6 is 0 Å². The standard InChI is InChI=1S/C24H27N3O3/c1-6-17-7-11-19(12-8-17)27-23(25-24(29)15(2)3)21(22(28)16(4)26-27)18-9-13-20(30-5)14-10-18/h7-15H,6H2,1-5H3,(H,25,29). The molecule has 0 bridgehead atoms. The van der Waals surface area contributed by atoms with E-state index in [-0.39, 0.29) is 17.3 Å². The maximum atomic E-state index is 13.1. The molecule has 6 heteroatoms. The molecule has 30 heavy (non-hydrogen) atoms. The topological polar surface area (TPSA) is 73.2 Å². The van der Waals surface area contributed by atoms with E-state index in [1.807, 2.05) is 50.2 Å². The van der Waals surface area contributed by atoms with E-state index in [2.05, 4.69) is 17.3 Å². The minimum atomic E-state index is -0.249. The molecule has 0 saturated carbocycles. The summed E-state index contributed by atoms with van der Waals surface area (Å²) in [4.78, 5) is 25.7. The highest BCUT2D eigenvalue weighted by molar-refractivity contribution is 5.95. The maximum Gasteiger partial charge on any atom is 0.228 e. The van der Waals surface area contributed by atoms with Gasteiger partial charge in [-0.05, 0) is 48.7 Å². The number of aryl methyl sites for hydroxylation is 2. The fraction of sp³-hybridized carbons (Fsp3) is 0.292. The van der Waals surface area contributed by atoms with Crippen LogP contribution in [0.1, 0.15) is 32.0 Å². The summed E-state index contributed by atoms with van der Waals surface area (Å²) in [6.45, 7) is 7.39. The van der Waals surface area contributed by atoms with Crippen LogP contribution < -0.4 is 15.5 Å². The van der Waals surface area contributed by atoms with Gasteiger partial charge in [0.1, 0.15) is 17.3 Å². The molecular weight excluding hydrogens is 378 g/mol. The molecule has 6 nitrogen and oxygen atoms in total. The SMILES string of the molecule is CCc1ccc(-n2nc(C)c(=O)c(-c3ccc(OC)cc3)c2NC(=O)C(C)C)cc1. The molecule has 0 aliphatic carbocycles. The Bertz CT molecular complexity index is 1100. The summed E-state index contributed by atoms with van der Waals surface area (Å²) in [5.74, 6) is 0.612. The Morgan fingerprint density at radius 3 is 2.27 bits per heavy atom. The van der Waals surface area contributed by atoms with Crippen molar-refractivity contribution in [2.45, 2.75) is 34.1 Å². The number of carbonyl (C=O) groups is 1. The van der Waals surface area contributed by atoms with Gasteiger partial charge in [0.15, 0.2) is 0 Å². The van der Waals surface area contributed by atoms with E-state index >= 15 is 0 Å². The number of carbonyl (C=O) groups excluding carboxylic acids is 1. The van der Waals surface area contributed by atoms with E-state index in [4.69, 9.17) is 4.74 Å². The van der Waals surface area contributed by atoms with Crippen LogP contribution in [0.2, 0.25) is 0 Å². The molecule has 3 aromatic rings. The summed E-state index contributed by atoms with van der Waals surface area (Å²) < 4.78 is 6.87. The first-order valence-electron chi connectivity index (χ1n) is 10.0. The van der Waals surface area contributed by atoms with Gasteiger partial charge in [-0.3, -0.25) is 9.59 Å². The van der Waals surface area contributed by atoms with Gasteiger partial charge in [-0.15, -0.1) is 0 Å². The number of benzene rings is 2. The molecule has 156 valence electrons. The second kappa shape index (κ2) is 8.95. The molecule has 0 radical (unpaired) electrons. The largest absolute Gasteiger partial charge is 0.497 e. The minimum absolute atomic E-state index is 0.186. The molecular formula is C24H27N3O3. The predicted octanol–water partition coefficient (Wildman–Crippen LogP) is 4.37. The fourth-order valence-electron chi connectivity index (χ4n) is 3.10. The Balaban J connectivity index is 2.28. The van der Waals surface area contributed by atoms with E-state index in [1.165, 1.54) is 5.56 Å². The molecule has 0 aliphatic rings. The second-order valence-corrected chi connectivity index (χ2v) is 7.44. The second-order valence-electron chi connectivity index (χ2n) is 7.44. The lowest BCUT2D eigenvalue weighted by Gasteiger charge is -2.19. The summed E-state index contributed by atoms with van der Waals surface area (Å²) >= 11 is 0. The number of nitrogens with zero attached hydrogens (tertiary/aromatic N) is 2. The molecule has 3 rings (SSSR count). The smallest absolute Gasteiger partial charge is 0.228 e. The van der Waals surface area contributed by atoms with Crippen LogP contribution in [0.5, 0.6) is 5.75 Å². The first-order chi connectivity index (χ1) is 14.3. The van der Waals surface area contributed by atoms with E-state index in [9.17, 15) is 9.59 Å². The van der Waals surface area contributed by atoms with Crippen LogP contribution in [0.4, 0.5) is 5.82 Å². The van der Waals surface area contributed by atoms with Crippen LogP contribution in [0.25, 0.3) is 16.8 Å². The number of methoxy groups -OCH3 is 1. The summed E-state index contributed by atoms with van der Waals surface area (Å²) in [7, 11) is 1.59. The summed E-state index contributed by atoms with van der Waals surface area (Å²) in [6.07, 6.45) is 0.922. The van der Waals surface area contributed by atoms with Crippen molar-refractivity contribution >= 4 is 11.7 Å². The first-order valence-corrected chi connectivity index (χ1v) is 10.0. The molecule has 2 aromatic carbocycles. The molecule has 0 saturated heterocycles. The van der Waals surface area contributed by atoms with E-state index in [0.717, 1.165) is 12.1 Å². The lowest BCUT2D eigenvalue weighted by molar-refractivity contribution is -0.118. The number of rotatable bonds is 6. The van der Waals surface area contributed by atoms with Gasteiger partial charge in [0.2, 0.25) is 11.3 Å². The number of anilines is 1. The van der Waals surface area contributed by atoms with Crippen LogP contribution in [-0.4, -0.2) is 22.8 Å². The van der Waals surface area contributed by atoms with Crippen LogP contribution in [-0.2, 0) is 11.2 Å². The van der Waals surface area contributed by atoms with Gasteiger partial charge in [-0.2, -0.15) is 5.10 Å². The van der Waals surface area contributed by atoms with Gasteiger partial charge < -0.3 is 10.1 Å². The molecule has 1 N–H and O–H groups in total. The Labute approximate surface area is 176 Å². The summed E-state index contributed by atoms with van der Waals surface area (Å²) in [5, 5.41) is 7.43. The van der Waals surface area contributed by atoms with Crippen molar-refractivity contribution in [3.63, 3.8) is 0 Å². The van der Waals surface area contributed by atoms with Crippen molar-refractivity contribution in [2.24, 2.45) is 5.92 Å². The van der Waals surface area contributed by atoms with Gasteiger partial charge in [0.05, 0.1) is 18.4 Å². The highest BCUT2D eigenvalue weighted by Gasteiger charge is 2.21. The van der Waals surface area contributed by atoms with E-state index in [0.29, 0.717) is 28.4 Å². The molecule has 1 amide bonds. The summed E-state index contributed by atoms with van der Waals surface area (Å²) in [5.41, 5.74) is 3.18. The van der Waals surface area contributed by atoms with Gasteiger partial charge in [-0.25, -0.2) is 4.68 Å². The van der Waals surface area contributed by atoms with Gasteiger partial charge >= 0.3 is 0 Å². The molecule has 1 heterocycles. The number of ether oxygens (including phenoxy) is 1. The van der Waals surface area contributed by atoms with Crippen LogP contribution in [0.15, 0.2) is 53.3 Å². The fourth-order valence-corrected chi connectivity index (χ4v) is 3.10. The molecule has 0 spiro atoms. The van der Waals surface area contributed by atoms with Crippen molar-refractivity contribution < 1.29 is 9.53 Å². The number of amides is 1. The Morgan fingerprint density at radius 1 is 1.10 bits per heavy atom. The molecule has 0 fully saturated rings. The molecule has 1 aromatic heterocycles. The van der Waals surface area contributed by atoms with E-state index in [1.54, 1.807) is 30.8 Å². The van der Waals surface area contributed by atoms with Crippen molar-refractivity contribution in [3.05, 3.63) is 70.0 Å². The van der Waals surface area contributed by atoms with Crippen molar-refractivity contribution in [2.75, 3.05) is 12.4 Å². The number of hydrogen-bond donors (Lipinski definition) is 1. The van der Waals surface area contributed by atoms with Gasteiger partial charge in [0.25, 0.3) is 0 Å². The first kappa shape index (κ1) is 21.3. The Hall–Kier alpha value is -3.41. The van der Waals surface area contributed by atoms with Crippen molar-refractivity contribution in [3.8, 4) is 22.6 Å². The Morgan fingerprint density at radius 2 is 1.73 bits per heavy atom. The zero-order chi connectivity index (χ0) is 21.8. The third kappa shape index (κ3) is 4.27. The average Bonchev–Trinajstić information content (AvgIpc) is 2.76. The maximum absolute atomic E-state index is 13.1. The number of nitrogens with one attached hydrogen (secondary N) is 1. The normalized spacial score (nSPS) is 10.9. The predicted molar refractivity (Wildman–Crippen MR) is 119 cm³/mol. The highest BCUT2D eigenvalue weighted by atomic mass is 16.5. The van der Waals surface area contributed by atoms with Crippen molar-refractivity contribution in [1.29, 1.82) is 0 Å². The third-order valence-corrected chi connectivity index (χ3v) is 4.99. The lowest BCUT2D eigenvalue weighted by Crippen LogP contribution is -2.26. The lowest BCUT2D eigenvalue weighted by atomic mass is 10.0. The average molecular weight is 405 g/mol. The van der Waals surface area contributed by atoms with Crippen molar-refractivity contribution in [1.82, 2.24) is 9.78 Å². The molecule has 0 atom stereocenters. The molecule has 0 aliphatic heterocycles.